The van der Waals surface area contributed by atoms with Gasteiger partial charge in [0.1, 0.15) is 0 Å². The normalized spacial score (nSPS) is 12.0. The summed E-state index contributed by atoms with van der Waals surface area (Å²) in [6.07, 6.45) is 0. The number of fused-ring (bicyclic) bond motifs is 2. The highest BCUT2D eigenvalue weighted by Gasteiger charge is 2.23. The molecule has 0 saturated carbocycles. The molecule has 2 N–H and O–H groups in total. The highest BCUT2D eigenvalue weighted by atomic mass is 32.2. The van der Waals surface area contributed by atoms with E-state index < -0.39 is 15.9 Å². The highest BCUT2D eigenvalue weighted by molar-refractivity contribution is 7.89. The fraction of sp³-hybridized carbons (Fsp3) is 0.150. The molecule has 4 aromatic rings. The van der Waals surface area contributed by atoms with Gasteiger partial charge in [-0.25, -0.2) is 13.4 Å². The second-order valence-electron chi connectivity index (χ2n) is 6.87. The van der Waals surface area contributed by atoms with Crippen LogP contribution in [0.5, 0.6) is 0 Å². The molecule has 4 rings (SSSR count). The fourth-order valence-corrected chi connectivity index (χ4v) is 5.15. The number of hydrogen-bond acceptors (Lipinski definition) is 6. The molecule has 1 amide bonds. The Bertz CT molecular complexity index is 1440. The number of amides is 1. The summed E-state index contributed by atoms with van der Waals surface area (Å²) in [7, 11) is -2.55. The molecule has 0 aliphatic carbocycles. The minimum Gasteiger partial charge on any atom is -0.322 e. The molecule has 2 aromatic heterocycles. The maximum atomic E-state index is 12.9. The predicted octanol–water partition coefficient (Wildman–Crippen LogP) is 2.71. The number of rotatable bonds is 5. The topological polar surface area (TPSA) is 112 Å². The number of carbonyl (C=O) groups excluding carboxylic acids is 1. The molecule has 0 spiro atoms. The Labute approximate surface area is 176 Å². The van der Waals surface area contributed by atoms with Crippen molar-refractivity contribution in [3.8, 4) is 0 Å². The van der Waals surface area contributed by atoms with E-state index in [1.165, 1.54) is 42.6 Å². The Kier molecular flexibility index (Phi) is 5.14. The zero-order valence-electron chi connectivity index (χ0n) is 16.2. The molecule has 0 aliphatic rings. The number of benzene rings is 2. The van der Waals surface area contributed by atoms with Crippen LogP contribution in [-0.4, -0.2) is 42.2 Å². The third kappa shape index (κ3) is 3.97. The van der Waals surface area contributed by atoms with Crippen LogP contribution in [0.4, 0.5) is 5.13 Å². The Morgan fingerprint density at radius 2 is 1.97 bits per heavy atom. The molecule has 10 heteroatoms. The number of aromatic nitrogens is 2. The van der Waals surface area contributed by atoms with Gasteiger partial charge in [-0.15, -0.1) is 0 Å². The summed E-state index contributed by atoms with van der Waals surface area (Å²) >= 11 is 1.33. The van der Waals surface area contributed by atoms with Crippen LogP contribution in [0.25, 0.3) is 21.1 Å². The van der Waals surface area contributed by atoms with Crippen LogP contribution in [-0.2, 0) is 14.8 Å². The van der Waals surface area contributed by atoms with Crippen molar-refractivity contribution in [2.75, 3.05) is 18.9 Å². The molecule has 0 radical (unpaired) electrons. The third-order valence-corrected chi connectivity index (χ3v) is 7.29. The Balaban J connectivity index is 1.51. The first kappa shape index (κ1) is 20.2. The van der Waals surface area contributed by atoms with Crippen LogP contribution in [0.15, 0.2) is 58.2 Å². The first-order valence-corrected chi connectivity index (χ1v) is 11.2. The lowest BCUT2D eigenvalue weighted by Gasteiger charge is -2.16. The van der Waals surface area contributed by atoms with E-state index in [4.69, 9.17) is 0 Å². The molecule has 30 heavy (non-hydrogen) atoms. The molecule has 0 atom stereocenters. The molecule has 0 saturated heterocycles. The van der Waals surface area contributed by atoms with Gasteiger partial charge in [0.15, 0.2) is 5.13 Å². The Hall–Kier alpha value is -3.08. The van der Waals surface area contributed by atoms with Crippen LogP contribution >= 0.6 is 11.3 Å². The summed E-state index contributed by atoms with van der Waals surface area (Å²) in [6, 6.07) is 13.1. The number of nitrogens with zero attached hydrogens (tertiary/aromatic N) is 2. The third-order valence-electron chi connectivity index (χ3n) is 4.56. The first-order valence-electron chi connectivity index (χ1n) is 8.99. The molecular weight excluding hydrogens is 424 g/mol. The van der Waals surface area contributed by atoms with E-state index in [0.29, 0.717) is 16.0 Å². The maximum Gasteiger partial charge on any atom is 0.248 e. The number of aryl methyl sites for hydroxylation is 1. The van der Waals surface area contributed by atoms with Crippen molar-refractivity contribution < 1.29 is 13.2 Å². The number of carbonyl (C=O) groups is 1. The average molecular weight is 443 g/mol. The van der Waals surface area contributed by atoms with E-state index in [-0.39, 0.29) is 17.0 Å². The lowest BCUT2D eigenvalue weighted by atomic mass is 10.2. The quantitative estimate of drug-likeness (QED) is 0.494. The summed E-state index contributed by atoms with van der Waals surface area (Å²) in [5.74, 6) is -0.484. The van der Waals surface area contributed by atoms with Crippen LogP contribution in [0.3, 0.4) is 0 Å². The van der Waals surface area contributed by atoms with Crippen LogP contribution < -0.4 is 10.9 Å². The molecule has 0 aliphatic heterocycles. The van der Waals surface area contributed by atoms with Gasteiger partial charge in [-0.2, -0.15) is 4.31 Å². The number of likely N-dealkylation sites (N-methyl/N-ethyl adjacent to an activating group) is 1. The highest BCUT2D eigenvalue weighted by Crippen LogP contribution is 2.26. The van der Waals surface area contributed by atoms with E-state index >= 15 is 0 Å². The number of aromatic amines is 1. The molecule has 0 fully saturated rings. The maximum absolute atomic E-state index is 12.9. The van der Waals surface area contributed by atoms with Crippen molar-refractivity contribution in [3.63, 3.8) is 0 Å². The molecule has 0 unspecified atom stereocenters. The minimum atomic E-state index is -3.89. The van der Waals surface area contributed by atoms with Crippen LogP contribution in [0.1, 0.15) is 5.56 Å². The van der Waals surface area contributed by atoms with Gasteiger partial charge in [-0.1, -0.05) is 17.4 Å². The van der Waals surface area contributed by atoms with E-state index in [1.807, 2.05) is 25.1 Å². The SMILES string of the molecule is Cc1ccc2nc(NC(=O)CN(C)S(=O)(=O)c3ccc4[nH]c(=O)ccc4c3)sc2c1. The van der Waals surface area contributed by atoms with Crippen molar-refractivity contribution >= 4 is 53.5 Å². The number of thiazole rings is 1. The van der Waals surface area contributed by atoms with Gasteiger partial charge in [0, 0.05) is 18.6 Å². The van der Waals surface area contributed by atoms with Gasteiger partial charge in [0.25, 0.3) is 0 Å². The molecule has 8 nitrogen and oxygen atoms in total. The summed E-state index contributed by atoms with van der Waals surface area (Å²) in [4.78, 5) is 30.8. The minimum absolute atomic E-state index is 0.0350. The van der Waals surface area contributed by atoms with Gasteiger partial charge >= 0.3 is 0 Å². The van der Waals surface area contributed by atoms with E-state index in [0.717, 1.165) is 20.1 Å². The predicted molar refractivity (Wildman–Crippen MR) is 117 cm³/mol. The number of H-pyrrole nitrogens is 1. The number of sulfonamides is 1. The monoisotopic (exact) mass is 442 g/mol. The summed E-state index contributed by atoms with van der Waals surface area (Å²) in [5, 5.41) is 3.66. The smallest absolute Gasteiger partial charge is 0.248 e. The average Bonchev–Trinajstić information content (AvgIpc) is 3.08. The number of nitrogens with one attached hydrogen (secondary N) is 2. The van der Waals surface area contributed by atoms with Crippen molar-refractivity contribution in [2.45, 2.75) is 11.8 Å². The van der Waals surface area contributed by atoms with Crippen LogP contribution in [0.2, 0.25) is 0 Å². The van der Waals surface area contributed by atoms with Gasteiger partial charge in [0.05, 0.1) is 21.7 Å². The second kappa shape index (κ2) is 7.63. The molecule has 2 heterocycles. The second-order valence-corrected chi connectivity index (χ2v) is 9.95. The fourth-order valence-electron chi connectivity index (χ4n) is 3.00. The van der Waals surface area contributed by atoms with Crippen molar-refractivity contribution in [1.29, 1.82) is 0 Å². The number of anilines is 1. The Morgan fingerprint density at radius 3 is 2.77 bits per heavy atom. The van der Waals surface area contributed by atoms with Gasteiger partial charge < -0.3 is 10.3 Å². The summed E-state index contributed by atoms with van der Waals surface area (Å²) in [5.41, 5.74) is 2.13. The standard InChI is InChI=1S/C20H18N4O4S2/c1-12-3-6-16-17(9-12)29-20(22-16)23-19(26)11-24(2)30(27,28)14-5-7-15-13(10-14)4-8-18(25)21-15/h3-10H,11H2,1-2H3,(H,21,25)(H,22,23,26). The number of hydrogen-bond donors (Lipinski definition) is 2. The molecule has 154 valence electrons. The summed E-state index contributed by atoms with van der Waals surface area (Å²) in [6.45, 7) is 1.61. The van der Waals surface area contributed by atoms with E-state index in [2.05, 4.69) is 15.3 Å². The van der Waals surface area contributed by atoms with Gasteiger partial charge in [-0.05, 0) is 54.3 Å². The largest absolute Gasteiger partial charge is 0.322 e. The Morgan fingerprint density at radius 1 is 1.17 bits per heavy atom. The lowest BCUT2D eigenvalue weighted by Crippen LogP contribution is -2.34. The van der Waals surface area contributed by atoms with Crippen LogP contribution in [0, 0.1) is 6.92 Å². The lowest BCUT2D eigenvalue weighted by molar-refractivity contribution is -0.116. The van der Waals surface area contributed by atoms with Crippen molar-refractivity contribution in [2.24, 2.45) is 0 Å². The zero-order chi connectivity index (χ0) is 21.5. The van der Waals surface area contributed by atoms with E-state index in [9.17, 15) is 18.0 Å². The number of pyridine rings is 1. The van der Waals surface area contributed by atoms with Crippen molar-refractivity contribution in [1.82, 2.24) is 14.3 Å². The molecular formula is C20H18N4O4S2. The molecule has 2 aromatic carbocycles. The van der Waals surface area contributed by atoms with Gasteiger partial charge in [0.2, 0.25) is 21.5 Å². The van der Waals surface area contributed by atoms with Crippen molar-refractivity contribution in [3.05, 3.63) is 64.4 Å². The van der Waals surface area contributed by atoms with Gasteiger partial charge in [-0.3, -0.25) is 9.59 Å². The first-order chi connectivity index (χ1) is 14.2. The summed E-state index contributed by atoms with van der Waals surface area (Å²) < 4.78 is 27.7. The molecule has 0 bridgehead atoms. The van der Waals surface area contributed by atoms with E-state index in [1.54, 1.807) is 6.07 Å². The zero-order valence-corrected chi connectivity index (χ0v) is 17.8.